The van der Waals surface area contributed by atoms with Crippen LogP contribution in [0.4, 0.5) is 0 Å². The molecule has 3 heteroatoms. The number of unbranched alkanes of at least 4 members (excludes halogenated alkanes) is 11. The van der Waals surface area contributed by atoms with E-state index in [-0.39, 0.29) is 0 Å². The fourth-order valence-electron chi connectivity index (χ4n) is 2.48. The Bertz CT molecular complexity index is 261. The van der Waals surface area contributed by atoms with E-state index in [0.717, 1.165) is 18.9 Å². The van der Waals surface area contributed by atoms with Crippen LogP contribution in [0.2, 0.25) is 0 Å². The molecular formula is C18H34O3. The largest absolute Gasteiger partial charge is 0.478 e. The van der Waals surface area contributed by atoms with E-state index in [1.54, 1.807) is 0 Å². The van der Waals surface area contributed by atoms with Gasteiger partial charge in [0, 0.05) is 6.08 Å². The summed E-state index contributed by atoms with van der Waals surface area (Å²) in [6.07, 6.45) is 18.0. The molecule has 0 saturated heterocycles. The highest BCUT2D eigenvalue weighted by Gasteiger charge is 2.00. The number of carboxylic acids is 1. The van der Waals surface area contributed by atoms with E-state index < -0.39 is 12.1 Å². The molecule has 124 valence electrons. The molecule has 0 radical (unpaired) electrons. The summed E-state index contributed by atoms with van der Waals surface area (Å²) in [6.45, 7) is 2.25. The van der Waals surface area contributed by atoms with Crippen molar-refractivity contribution in [1.82, 2.24) is 0 Å². The van der Waals surface area contributed by atoms with Gasteiger partial charge in [-0.2, -0.15) is 0 Å². The Kier molecular flexibility index (Phi) is 14.9. The second-order valence-corrected chi connectivity index (χ2v) is 5.94. The summed E-state index contributed by atoms with van der Waals surface area (Å²) in [5.41, 5.74) is 0. The monoisotopic (exact) mass is 298 g/mol. The summed E-state index contributed by atoms with van der Waals surface area (Å²) in [5, 5.41) is 17.9. The number of hydrogen-bond donors (Lipinski definition) is 2. The van der Waals surface area contributed by atoms with Gasteiger partial charge >= 0.3 is 5.97 Å². The molecule has 0 aliphatic rings. The molecule has 0 heterocycles. The summed E-state index contributed by atoms with van der Waals surface area (Å²) >= 11 is 0. The van der Waals surface area contributed by atoms with E-state index in [1.165, 1.54) is 70.3 Å². The predicted molar refractivity (Wildman–Crippen MR) is 88.5 cm³/mol. The van der Waals surface area contributed by atoms with Crippen molar-refractivity contribution < 1.29 is 15.0 Å². The maximum atomic E-state index is 10.3. The van der Waals surface area contributed by atoms with Gasteiger partial charge in [0.2, 0.25) is 0 Å². The Morgan fingerprint density at radius 1 is 0.857 bits per heavy atom. The molecule has 0 aromatic rings. The maximum absolute atomic E-state index is 10.3. The molecule has 0 spiro atoms. The van der Waals surface area contributed by atoms with E-state index in [0.29, 0.717) is 6.42 Å². The first-order valence-electron chi connectivity index (χ1n) is 8.76. The molecule has 0 amide bonds. The molecule has 0 bridgehead atoms. The Morgan fingerprint density at radius 2 is 1.29 bits per heavy atom. The minimum absolute atomic E-state index is 0.607. The molecule has 3 nitrogen and oxygen atoms in total. The molecule has 1 unspecified atom stereocenters. The van der Waals surface area contributed by atoms with Crippen LogP contribution in [-0.2, 0) is 4.79 Å². The van der Waals surface area contributed by atoms with Crippen LogP contribution in [0, 0.1) is 0 Å². The van der Waals surface area contributed by atoms with E-state index in [9.17, 15) is 9.90 Å². The maximum Gasteiger partial charge on any atom is 0.328 e. The van der Waals surface area contributed by atoms with Gasteiger partial charge in [0.1, 0.15) is 0 Å². The molecule has 0 aliphatic carbocycles. The molecule has 1 atom stereocenters. The van der Waals surface area contributed by atoms with Gasteiger partial charge in [-0.25, -0.2) is 4.79 Å². The van der Waals surface area contributed by atoms with Crippen molar-refractivity contribution >= 4 is 5.97 Å². The molecule has 0 fully saturated rings. The van der Waals surface area contributed by atoms with Crippen LogP contribution in [0.15, 0.2) is 12.2 Å². The zero-order valence-electron chi connectivity index (χ0n) is 13.7. The second-order valence-electron chi connectivity index (χ2n) is 5.94. The highest BCUT2D eigenvalue weighted by atomic mass is 16.4. The number of rotatable bonds is 15. The first-order valence-corrected chi connectivity index (χ1v) is 8.76. The van der Waals surface area contributed by atoms with E-state index >= 15 is 0 Å². The smallest absolute Gasteiger partial charge is 0.328 e. The average molecular weight is 298 g/mol. The zero-order chi connectivity index (χ0) is 15.8. The average Bonchev–Trinajstić information content (AvgIpc) is 2.46. The number of hydrogen-bond acceptors (Lipinski definition) is 2. The minimum Gasteiger partial charge on any atom is -0.478 e. The molecule has 21 heavy (non-hydrogen) atoms. The van der Waals surface area contributed by atoms with Crippen LogP contribution in [-0.4, -0.2) is 22.3 Å². The van der Waals surface area contributed by atoms with Crippen LogP contribution in [0.5, 0.6) is 0 Å². The molecule has 0 rings (SSSR count). The Morgan fingerprint density at radius 3 is 1.71 bits per heavy atom. The third-order valence-electron chi connectivity index (χ3n) is 3.81. The van der Waals surface area contributed by atoms with Crippen molar-refractivity contribution in [1.29, 1.82) is 0 Å². The zero-order valence-corrected chi connectivity index (χ0v) is 13.7. The van der Waals surface area contributed by atoms with Crippen LogP contribution >= 0.6 is 0 Å². The van der Waals surface area contributed by atoms with Gasteiger partial charge in [0.25, 0.3) is 0 Å². The highest BCUT2D eigenvalue weighted by Crippen LogP contribution is 2.13. The first-order chi connectivity index (χ1) is 10.2. The fraction of sp³-hybridized carbons (Fsp3) is 0.833. The van der Waals surface area contributed by atoms with Crippen molar-refractivity contribution in [3.8, 4) is 0 Å². The lowest BCUT2D eigenvalue weighted by Gasteiger charge is -2.05. The van der Waals surface area contributed by atoms with Gasteiger partial charge in [-0.15, -0.1) is 0 Å². The molecule has 0 aromatic carbocycles. The molecule has 0 aromatic heterocycles. The fourth-order valence-corrected chi connectivity index (χ4v) is 2.48. The minimum atomic E-state index is -0.997. The highest BCUT2D eigenvalue weighted by molar-refractivity contribution is 5.79. The van der Waals surface area contributed by atoms with Crippen LogP contribution in [0.1, 0.15) is 90.4 Å². The lowest BCUT2D eigenvalue weighted by atomic mass is 10.0. The van der Waals surface area contributed by atoms with Crippen molar-refractivity contribution in [3.63, 3.8) is 0 Å². The Labute approximate surface area is 130 Å². The summed E-state index contributed by atoms with van der Waals surface area (Å²) in [6, 6.07) is 0. The standard InChI is InChI=1S/C18H34O3/c1-2-3-4-5-6-7-8-9-10-11-12-13-14-17(19)15-16-18(20)21/h15-17,19H,2-14H2,1H3,(H,20,21)/b16-15+. The third-order valence-corrected chi connectivity index (χ3v) is 3.81. The van der Waals surface area contributed by atoms with Crippen molar-refractivity contribution in [2.45, 2.75) is 96.5 Å². The Hall–Kier alpha value is -0.830. The third kappa shape index (κ3) is 17.1. The quantitative estimate of drug-likeness (QED) is 0.327. The summed E-state index contributed by atoms with van der Waals surface area (Å²) in [5.74, 6) is -0.997. The SMILES string of the molecule is CCCCCCCCCCCCCCC(O)/C=C/C(=O)O. The van der Waals surface area contributed by atoms with Gasteiger partial charge < -0.3 is 10.2 Å². The molecule has 2 N–H and O–H groups in total. The van der Waals surface area contributed by atoms with Crippen molar-refractivity contribution in [2.75, 3.05) is 0 Å². The summed E-state index contributed by atoms with van der Waals surface area (Å²) in [4.78, 5) is 10.3. The first kappa shape index (κ1) is 20.2. The topological polar surface area (TPSA) is 57.5 Å². The summed E-state index contributed by atoms with van der Waals surface area (Å²) in [7, 11) is 0. The van der Waals surface area contributed by atoms with Gasteiger partial charge in [-0.3, -0.25) is 0 Å². The number of aliphatic hydroxyl groups excluding tert-OH is 1. The number of aliphatic carboxylic acids is 1. The van der Waals surface area contributed by atoms with E-state index in [4.69, 9.17) is 5.11 Å². The normalized spacial score (nSPS) is 12.9. The van der Waals surface area contributed by atoms with Crippen LogP contribution < -0.4 is 0 Å². The molecule has 0 aliphatic heterocycles. The number of carboxylic acid groups (broad SMARTS) is 1. The van der Waals surface area contributed by atoms with Crippen LogP contribution in [0.25, 0.3) is 0 Å². The molecule has 0 saturated carbocycles. The van der Waals surface area contributed by atoms with Crippen LogP contribution in [0.3, 0.4) is 0 Å². The van der Waals surface area contributed by atoms with Crippen molar-refractivity contribution in [3.05, 3.63) is 12.2 Å². The second kappa shape index (κ2) is 15.6. The number of aliphatic hydroxyl groups is 1. The van der Waals surface area contributed by atoms with Gasteiger partial charge in [-0.05, 0) is 12.5 Å². The lowest BCUT2D eigenvalue weighted by Crippen LogP contribution is -2.03. The number of carbonyl (C=O) groups is 1. The predicted octanol–water partition coefficient (Wildman–Crippen LogP) is 5.08. The summed E-state index contributed by atoms with van der Waals surface area (Å²) < 4.78 is 0. The van der Waals surface area contributed by atoms with Gasteiger partial charge in [0.15, 0.2) is 0 Å². The van der Waals surface area contributed by atoms with Crippen molar-refractivity contribution in [2.24, 2.45) is 0 Å². The van der Waals surface area contributed by atoms with Gasteiger partial charge in [0.05, 0.1) is 6.10 Å². The Balaban J connectivity index is 3.17. The lowest BCUT2D eigenvalue weighted by molar-refractivity contribution is -0.131. The molecular weight excluding hydrogens is 264 g/mol. The van der Waals surface area contributed by atoms with E-state index in [2.05, 4.69) is 6.92 Å². The van der Waals surface area contributed by atoms with Gasteiger partial charge in [-0.1, -0.05) is 84.0 Å². The van der Waals surface area contributed by atoms with E-state index in [1.807, 2.05) is 0 Å².